The van der Waals surface area contributed by atoms with E-state index in [4.69, 9.17) is 9.84 Å². The van der Waals surface area contributed by atoms with Crippen LogP contribution in [0.2, 0.25) is 0 Å². The Balaban J connectivity index is 2.20. The number of hydrogen-bond donors (Lipinski definition) is 1. The van der Waals surface area contributed by atoms with E-state index in [-0.39, 0.29) is 19.1 Å². The number of carboxylic acid groups (broad SMARTS) is 1. The zero-order valence-electron chi connectivity index (χ0n) is 11.1. The van der Waals surface area contributed by atoms with Crippen LogP contribution in [0.15, 0.2) is 36.9 Å². The molecule has 0 saturated carbocycles. The molecule has 1 aromatic rings. The van der Waals surface area contributed by atoms with Crippen LogP contribution in [0.4, 0.5) is 4.79 Å². The molecule has 1 atom stereocenters. The second kappa shape index (κ2) is 6.23. The lowest BCUT2D eigenvalue weighted by Gasteiger charge is -2.35. The molecule has 1 aromatic carbocycles. The zero-order chi connectivity index (χ0) is 14.5. The minimum atomic E-state index is -0.920. The highest BCUT2D eigenvalue weighted by atomic mass is 16.6. The largest absolute Gasteiger partial charge is 0.481 e. The molecule has 5 heteroatoms. The van der Waals surface area contributed by atoms with Crippen molar-refractivity contribution in [1.82, 2.24) is 4.90 Å². The number of aliphatic carboxylic acids is 1. The molecule has 1 aliphatic heterocycles. The third-order valence-corrected chi connectivity index (χ3v) is 3.32. The lowest BCUT2D eigenvalue weighted by Crippen LogP contribution is -2.45. The van der Waals surface area contributed by atoms with Gasteiger partial charge in [0.2, 0.25) is 0 Å². The fourth-order valence-electron chi connectivity index (χ4n) is 2.40. The number of rotatable bonds is 4. The van der Waals surface area contributed by atoms with Gasteiger partial charge in [-0.2, -0.15) is 0 Å². The monoisotopic (exact) mass is 275 g/mol. The van der Waals surface area contributed by atoms with Crippen molar-refractivity contribution in [1.29, 1.82) is 0 Å². The SMILES string of the molecule is C=CCOC(=O)N1Cc2ccccc2C[C@H]1CC(=O)O. The minimum Gasteiger partial charge on any atom is -0.481 e. The van der Waals surface area contributed by atoms with Crippen LogP contribution < -0.4 is 0 Å². The maximum Gasteiger partial charge on any atom is 0.410 e. The summed E-state index contributed by atoms with van der Waals surface area (Å²) in [4.78, 5) is 24.5. The highest BCUT2D eigenvalue weighted by Gasteiger charge is 2.31. The Kier molecular flexibility index (Phi) is 4.40. The van der Waals surface area contributed by atoms with Crippen LogP contribution in [0.5, 0.6) is 0 Å². The molecule has 20 heavy (non-hydrogen) atoms. The highest BCUT2D eigenvalue weighted by molar-refractivity contribution is 5.72. The minimum absolute atomic E-state index is 0.0858. The average molecular weight is 275 g/mol. The van der Waals surface area contributed by atoms with Crippen LogP contribution in [0.1, 0.15) is 17.5 Å². The molecule has 1 heterocycles. The number of carbonyl (C=O) groups is 2. The number of benzene rings is 1. The van der Waals surface area contributed by atoms with Crippen LogP contribution in [-0.4, -0.2) is 34.7 Å². The molecule has 0 saturated heterocycles. The van der Waals surface area contributed by atoms with Gasteiger partial charge in [-0.3, -0.25) is 9.69 Å². The van der Waals surface area contributed by atoms with E-state index >= 15 is 0 Å². The van der Waals surface area contributed by atoms with Crippen molar-refractivity contribution in [3.8, 4) is 0 Å². The summed E-state index contributed by atoms with van der Waals surface area (Å²) in [5.74, 6) is -0.920. The fraction of sp³-hybridized carbons (Fsp3) is 0.333. The zero-order valence-corrected chi connectivity index (χ0v) is 11.1. The molecule has 1 N–H and O–H groups in total. The van der Waals surface area contributed by atoms with Gasteiger partial charge < -0.3 is 9.84 Å². The standard InChI is InChI=1S/C15H17NO4/c1-2-7-20-15(19)16-10-12-6-4-3-5-11(12)8-13(16)9-14(17)18/h2-6,13H,1,7-10H2,(H,17,18)/t13-/m0/s1. The third-order valence-electron chi connectivity index (χ3n) is 3.32. The summed E-state index contributed by atoms with van der Waals surface area (Å²) >= 11 is 0. The van der Waals surface area contributed by atoms with E-state index in [1.807, 2.05) is 24.3 Å². The van der Waals surface area contributed by atoms with Gasteiger partial charge in [-0.15, -0.1) is 0 Å². The number of ether oxygens (including phenoxy) is 1. The van der Waals surface area contributed by atoms with Gasteiger partial charge in [0.05, 0.1) is 6.42 Å². The topological polar surface area (TPSA) is 66.8 Å². The van der Waals surface area contributed by atoms with E-state index in [0.717, 1.165) is 11.1 Å². The van der Waals surface area contributed by atoms with Gasteiger partial charge in [0, 0.05) is 12.6 Å². The molecule has 1 aliphatic rings. The van der Waals surface area contributed by atoms with E-state index in [9.17, 15) is 9.59 Å². The van der Waals surface area contributed by atoms with Crippen molar-refractivity contribution >= 4 is 12.1 Å². The maximum absolute atomic E-state index is 12.0. The highest BCUT2D eigenvalue weighted by Crippen LogP contribution is 2.25. The first-order valence-corrected chi connectivity index (χ1v) is 6.44. The number of hydrogen-bond acceptors (Lipinski definition) is 3. The third kappa shape index (κ3) is 3.17. The predicted octanol–water partition coefficient (Wildman–Crippen LogP) is 2.21. The Morgan fingerprint density at radius 2 is 2.10 bits per heavy atom. The molecule has 2 rings (SSSR count). The summed E-state index contributed by atoms with van der Waals surface area (Å²) < 4.78 is 5.03. The van der Waals surface area contributed by atoms with Crippen molar-refractivity contribution in [2.45, 2.75) is 25.4 Å². The molecule has 0 aromatic heterocycles. The van der Waals surface area contributed by atoms with Gasteiger partial charge >= 0.3 is 12.1 Å². The molecular formula is C15H17NO4. The molecule has 1 amide bonds. The maximum atomic E-state index is 12.0. The molecular weight excluding hydrogens is 258 g/mol. The van der Waals surface area contributed by atoms with Crippen LogP contribution >= 0.6 is 0 Å². The van der Waals surface area contributed by atoms with Gasteiger partial charge in [-0.05, 0) is 17.5 Å². The number of carboxylic acids is 1. The molecule has 5 nitrogen and oxygen atoms in total. The smallest absolute Gasteiger partial charge is 0.410 e. The summed E-state index contributed by atoms with van der Waals surface area (Å²) in [5.41, 5.74) is 2.12. The normalized spacial score (nSPS) is 17.2. The number of fused-ring (bicyclic) bond motifs is 1. The van der Waals surface area contributed by atoms with Crippen molar-refractivity contribution in [3.05, 3.63) is 48.0 Å². The quantitative estimate of drug-likeness (QED) is 0.855. The van der Waals surface area contributed by atoms with Crippen LogP contribution in [0, 0.1) is 0 Å². The Hall–Kier alpha value is -2.30. The first kappa shape index (κ1) is 14.1. The fourth-order valence-corrected chi connectivity index (χ4v) is 2.40. The Labute approximate surface area is 117 Å². The Morgan fingerprint density at radius 3 is 2.75 bits per heavy atom. The predicted molar refractivity (Wildman–Crippen MR) is 73.3 cm³/mol. The molecule has 0 radical (unpaired) electrons. The van der Waals surface area contributed by atoms with Crippen LogP contribution in [-0.2, 0) is 22.5 Å². The molecule has 0 unspecified atom stereocenters. The molecule has 0 spiro atoms. The molecule has 0 fully saturated rings. The molecule has 0 bridgehead atoms. The number of nitrogens with zero attached hydrogens (tertiary/aromatic N) is 1. The molecule has 0 aliphatic carbocycles. The van der Waals surface area contributed by atoms with Gasteiger partial charge in [-0.25, -0.2) is 4.79 Å². The summed E-state index contributed by atoms with van der Waals surface area (Å²) in [6.45, 7) is 3.99. The van der Waals surface area contributed by atoms with Gasteiger partial charge in [-0.1, -0.05) is 36.9 Å². The Morgan fingerprint density at radius 1 is 1.40 bits per heavy atom. The summed E-state index contributed by atoms with van der Waals surface area (Å²) in [5, 5.41) is 8.99. The Bertz CT molecular complexity index is 526. The van der Waals surface area contributed by atoms with Crippen molar-refractivity contribution < 1.29 is 19.4 Å². The van der Waals surface area contributed by atoms with Gasteiger partial charge in [0.25, 0.3) is 0 Å². The van der Waals surface area contributed by atoms with Crippen LogP contribution in [0.3, 0.4) is 0 Å². The lowest BCUT2D eigenvalue weighted by atomic mass is 9.93. The first-order valence-electron chi connectivity index (χ1n) is 6.44. The first-order chi connectivity index (χ1) is 9.61. The second-order valence-corrected chi connectivity index (χ2v) is 4.72. The van der Waals surface area contributed by atoms with Crippen LogP contribution in [0.25, 0.3) is 0 Å². The summed E-state index contributed by atoms with van der Waals surface area (Å²) in [7, 11) is 0. The van der Waals surface area contributed by atoms with E-state index < -0.39 is 12.1 Å². The van der Waals surface area contributed by atoms with E-state index in [2.05, 4.69) is 6.58 Å². The van der Waals surface area contributed by atoms with E-state index in [1.54, 1.807) is 0 Å². The number of carbonyl (C=O) groups excluding carboxylic acids is 1. The summed E-state index contributed by atoms with van der Waals surface area (Å²) in [6, 6.07) is 7.36. The van der Waals surface area contributed by atoms with Gasteiger partial charge in [0.1, 0.15) is 6.61 Å². The van der Waals surface area contributed by atoms with E-state index in [0.29, 0.717) is 13.0 Å². The van der Waals surface area contributed by atoms with Crippen molar-refractivity contribution in [3.63, 3.8) is 0 Å². The second-order valence-electron chi connectivity index (χ2n) is 4.72. The molecule has 106 valence electrons. The lowest BCUT2D eigenvalue weighted by molar-refractivity contribution is -0.138. The van der Waals surface area contributed by atoms with E-state index in [1.165, 1.54) is 11.0 Å². The van der Waals surface area contributed by atoms with Crippen molar-refractivity contribution in [2.75, 3.05) is 6.61 Å². The van der Waals surface area contributed by atoms with Gasteiger partial charge in [0.15, 0.2) is 0 Å². The van der Waals surface area contributed by atoms with Crippen molar-refractivity contribution in [2.24, 2.45) is 0 Å². The summed E-state index contributed by atoms with van der Waals surface area (Å²) in [6.07, 6.45) is 1.44. The average Bonchev–Trinajstić information content (AvgIpc) is 2.43. The number of amides is 1.